The smallest absolute Gasteiger partial charge is 0.242 e. The Labute approximate surface area is 137 Å². The number of hydrogen-bond acceptors (Lipinski definition) is 8. The van der Waals surface area contributed by atoms with E-state index in [9.17, 15) is 13.2 Å². The van der Waals surface area contributed by atoms with Crippen LogP contribution in [0.4, 0.5) is 0 Å². The van der Waals surface area contributed by atoms with Crippen LogP contribution in [0.2, 0.25) is 0 Å². The molecule has 10 heteroatoms. The average Bonchev–Trinajstić information content (AvgIpc) is 3.18. The summed E-state index contributed by atoms with van der Waals surface area (Å²) >= 11 is 1.43. The molecule has 23 heavy (non-hydrogen) atoms. The number of sulfone groups is 1. The molecule has 124 valence electrons. The third-order valence-corrected chi connectivity index (χ3v) is 5.50. The second kappa shape index (κ2) is 6.77. The van der Waals surface area contributed by atoms with Gasteiger partial charge in [0.1, 0.15) is 11.5 Å². The molecule has 0 aliphatic carbocycles. The fourth-order valence-electron chi connectivity index (χ4n) is 2.15. The van der Waals surface area contributed by atoms with E-state index in [2.05, 4.69) is 10.1 Å². The Balaban J connectivity index is 1.63. The van der Waals surface area contributed by atoms with Gasteiger partial charge in [0.2, 0.25) is 17.6 Å². The van der Waals surface area contributed by atoms with E-state index in [0.29, 0.717) is 32.1 Å². The molecule has 0 radical (unpaired) electrons. The zero-order valence-corrected chi connectivity index (χ0v) is 13.8. The van der Waals surface area contributed by atoms with Crippen molar-refractivity contribution < 1.29 is 22.5 Å². The zero-order chi connectivity index (χ0) is 16.3. The summed E-state index contributed by atoms with van der Waals surface area (Å²) in [5.74, 6) is -1.09. The van der Waals surface area contributed by atoms with Crippen molar-refractivity contribution in [2.24, 2.45) is 0 Å². The van der Waals surface area contributed by atoms with Crippen LogP contribution < -0.4 is 0 Å². The van der Waals surface area contributed by atoms with Gasteiger partial charge in [0.25, 0.3) is 0 Å². The standard InChI is InChI=1S/C13H15N3O5S2/c17-12(16-3-5-20-6-4-16)9-23(18,19)8-11-14-13(15-21-11)10-2-1-7-22-10/h1-2,7H,3-6,8-9H2. The van der Waals surface area contributed by atoms with Crippen molar-refractivity contribution in [2.75, 3.05) is 32.1 Å². The van der Waals surface area contributed by atoms with Gasteiger partial charge in [-0.2, -0.15) is 4.98 Å². The fourth-order valence-corrected chi connectivity index (χ4v) is 3.95. The molecule has 2 aromatic heterocycles. The van der Waals surface area contributed by atoms with Gasteiger partial charge in [-0.3, -0.25) is 4.79 Å². The van der Waals surface area contributed by atoms with Crippen LogP contribution in [0.5, 0.6) is 0 Å². The molecule has 0 saturated carbocycles. The van der Waals surface area contributed by atoms with Gasteiger partial charge in [0.15, 0.2) is 9.84 Å². The number of aromatic nitrogens is 2. The number of morpholine rings is 1. The van der Waals surface area contributed by atoms with Gasteiger partial charge < -0.3 is 14.2 Å². The second-order valence-corrected chi connectivity index (χ2v) is 8.03. The highest BCUT2D eigenvalue weighted by Crippen LogP contribution is 2.21. The first-order valence-electron chi connectivity index (χ1n) is 6.96. The minimum atomic E-state index is -3.66. The number of amides is 1. The summed E-state index contributed by atoms with van der Waals surface area (Å²) < 4.78 is 34.4. The largest absolute Gasteiger partial charge is 0.378 e. The Morgan fingerprint density at radius 3 is 2.83 bits per heavy atom. The van der Waals surface area contributed by atoms with Crippen molar-refractivity contribution in [1.29, 1.82) is 0 Å². The van der Waals surface area contributed by atoms with E-state index < -0.39 is 27.3 Å². The third-order valence-electron chi connectivity index (χ3n) is 3.26. The molecule has 3 heterocycles. The highest BCUT2D eigenvalue weighted by molar-refractivity contribution is 7.91. The summed E-state index contributed by atoms with van der Waals surface area (Å²) in [6, 6.07) is 3.66. The lowest BCUT2D eigenvalue weighted by atomic mass is 10.4. The quantitative estimate of drug-likeness (QED) is 0.771. The molecule has 1 amide bonds. The SMILES string of the molecule is O=C(CS(=O)(=O)Cc1nc(-c2cccs2)no1)N1CCOCC1. The van der Waals surface area contributed by atoms with Crippen molar-refractivity contribution in [1.82, 2.24) is 15.0 Å². The van der Waals surface area contributed by atoms with Gasteiger partial charge in [-0.15, -0.1) is 11.3 Å². The minimum absolute atomic E-state index is 0.0109. The number of rotatable bonds is 5. The van der Waals surface area contributed by atoms with E-state index in [0.717, 1.165) is 4.88 Å². The third kappa shape index (κ3) is 4.15. The first-order chi connectivity index (χ1) is 11.0. The topological polar surface area (TPSA) is 103 Å². The Kier molecular flexibility index (Phi) is 4.74. The number of ether oxygens (including phenoxy) is 1. The van der Waals surface area contributed by atoms with Gasteiger partial charge in [-0.25, -0.2) is 8.42 Å². The van der Waals surface area contributed by atoms with Gasteiger partial charge in [0, 0.05) is 13.1 Å². The lowest BCUT2D eigenvalue weighted by molar-refractivity contribution is -0.132. The van der Waals surface area contributed by atoms with E-state index in [4.69, 9.17) is 9.26 Å². The molecule has 1 aliphatic heterocycles. The summed E-state index contributed by atoms with van der Waals surface area (Å²) in [7, 11) is -3.66. The molecule has 1 fully saturated rings. The van der Waals surface area contributed by atoms with Crippen LogP contribution in [0, 0.1) is 0 Å². The Hall–Kier alpha value is -1.78. The zero-order valence-electron chi connectivity index (χ0n) is 12.2. The highest BCUT2D eigenvalue weighted by Gasteiger charge is 2.25. The van der Waals surface area contributed by atoms with Crippen molar-refractivity contribution >= 4 is 27.1 Å². The summed E-state index contributed by atoms with van der Waals surface area (Å²) in [6.07, 6.45) is 0. The molecule has 0 spiro atoms. The van der Waals surface area contributed by atoms with Crippen LogP contribution in [-0.2, 0) is 25.1 Å². The molecule has 0 atom stereocenters. The van der Waals surface area contributed by atoms with E-state index in [-0.39, 0.29) is 5.89 Å². The molecule has 2 aromatic rings. The second-order valence-electron chi connectivity index (χ2n) is 5.01. The Bertz CT molecular complexity index is 763. The lowest BCUT2D eigenvalue weighted by Gasteiger charge is -2.26. The Morgan fingerprint density at radius 1 is 1.35 bits per heavy atom. The van der Waals surface area contributed by atoms with Crippen LogP contribution in [0.25, 0.3) is 10.7 Å². The van der Waals surface area contributed by atoms with E-state index >= 15 is 0 Å². The maximum absolute atomic E-state index is 12.1. The highest BCUT2D eigenvalue weighted by atomic mass is 32.2. The van der Waals surface area contributed by atoms with Crippen molar-refractivity contribution in [3.8, 4) is 10.7 Å². The van der Waals surface area contributed by atoms with Crippen LogP contribution in [0.1, 0.15) is 5.89 Å². The predicted molar refractivity (Wildman–Crippen MR) is 82.5 cm³/mol. The summed E-state index contributed by atoms with van der Waals surface area (Å²) in [6.45, 7) is 1.69. The number of hydrogen-bond donors (Lipinski definition) is 0. The molecule has 1 aliphatic rings. The van der Waals surface area contributed by atoms with Crippen LogP contribution >= 0.6 is 11.3 Å². The van der Waals surface area contributed by atoms with E-state index in [1.807, 2.05) is 17.5 Å². The summed E-state index contributed by atoms with van der Waals surface area (Å²) in [5, 5.41) is 5.62. The number of thiophene rings is 1. The molecule has 3 rings (SSSR count). The molecule has 0 N–H and O–H groups in total. The van der Waals surface area contributed by atoms with Crippen LogP contribution in [0.15, 0.2) is 22.0 Å². The Morgan fingerprint density at radius 2 is 2.13 bits per heavy atom. The van der Waals surface area contributed by atoms with Crippen LogP contribution in [-0.4, -0.2) is 61.4 Å². The monoisotopic (exact) mass is 357 g/mol. The summed E-state index contributed by atoms with van der Waals surface area (Å²) in [5.41, 5.74) is 0. The number of nitrogens with zero attached hydrogens (tertiary/aromatic N) is 3. The molecular weight excluding hydrogens is 342 g/mol. The van der Waals surface area contributed by atoms with E-state index in [1.54, 1.807) is 0 Å². The van der Waals surface area contributed by atoms with Crippen molar-refractivity contribution in [2.45, 2.75) is 5.75 Å². The molecule has 1 saturated heterocycles. The first-order valence-corrected chi connectivity index (χ1v) is 9.66. The van der Waals surface area contributed by atoms with Crippen molar-refractivity contribution in [3.05, 3.63) is 23.4 Å². The molecule has 0 aromatic carbocycles. The fraction of sp³-hybridized carbons (Fsp3) is 0.462. The minimum Gasteiger partial charge on any atom is -0.378 e. The van der Waals surface area contributed by atoms with Gasteiger partial charge in [-0.1, -0.05) is 11.2 Å². The maximum Gasteiger partial charge on any atom is 0.242 e. The maximum atomic E-state index is 12.1. The number of carbonyl (C=O) groups excluding carboxylic acids is 1. The number of carbonyl (C=O) groups is 1. The van der Waals surface area contributed by atoms with Gasteiger partial charge in [-0.05, 0) is 11.4 Å². The van der Waals surface area contributed by atoms with Gasteiger partial charge >= 0.3 is 0 Å². The lowest BCUT2D eigenvalue weighted by Crippen LogP contribution is -2.43. The molecular formula is C13H15N3O5S2. The molecule has 0 unspecified atom stereocenters. The van der Waals surface area contributed by atoms with E-state index in [1.165, 1.54) is 16.2 Å². The van der Waals surface area contributed by atoms with Crippen LogP contribution in [0.3, 0.4) is 0 Å². The molecule has 8 nitrogen and oxygen atoms in total. The normalized spacial score (nSPS) is 15.7. The van der Waals surface area contributed by atoms with Crippen molar-refractivity contribution in [3.63, 3.8) is 0 Å². The predicted octanol–water partition coefficient (Wildman–Crippen LogP) is 0.572. The summed E-state index contributed by atoms with van der Waals surface area (Å²) in [4.78, 5) is 18.4. The molecule has 0 bridgehead atoms. The van der Waals surface area contributed by atoms with Gasteiger partial charge in [0.05, 0.1) is 18.1 Å². The first kappa shape index (κ1) is 16.1. The average molecular weight is 357 g/mol.